The third-order valence-electron chi connectivity index (χ3n) is 1.72. The molecular formula is C8H6BrN3O. The van der Waals surface area contributed by atoms with Gasteiger partial charge in [-0.2, -0.15) is 0 Å². The first-order valence-corrected chi connectivity index (χ1v) is 4.48. The molecule has 2 heterocycles. The van der Waals surface area contributed by atoms with Crippen LogP contribution in [0.5, 0.6) is 0 Å². The van der Waals surface area contributed by atoms with E-state index in [4.69, 9.17) is 0 Å². The molecule has 0 atom stereocenters. The van der Waals surface area contributed by atoms with Crippen molar-refractivity contribution in [3.63, 3.8) is 0 Å². The lowest BCUT2D eigenvalue weighted by atomic mass is 10.3. The third kappa shape index (κ3) is 1.25. The Balaban J connectivity index is 2.84. The molecule has 4 nitrogen and oxygen atoms in total. The van der Waals surface area contributed by atoms with Crippen molar-refractivity contribution in [1.82, 2.24) is 14.4 Å². The number of hydrogen-bond acceptors (Lipinski definition) is 3. The predicted molar refractivity (Wildman–Crippen MR) is 50.7 cm³/mol. The second-order valence-corrected chi connectivity index (χ2v) is 3.42. The van der Waals surface area contributed by atoms with Gasteiger partial charge >= 0.3 is 0 Å². The summed E-state index contributed by atoms with van der Waals surface area (Å²) >= 11 is 3.31. The monoisotopic (exact) mass is 239 g/mol. The van der Waals surface area contributed by atoms with E-state index in [2.05, 4.69) is 25.9 Å². The Hall–Kier alpha value is -1.23. The minimum absolute atomic E-state index is 0.0799. The van der Waals surface area contributed by atoms with Crippen LogP contribution in [0, 0.1) is 0 Å². The van der Waals surface area contributed by atoms with Crippen molar-refractivity contribution in [3.8, 4) is 0 Å². The Labute approximate surface area is 82.7 Å². The lowest BCUT2D eigenvalue weighted by molar-refractivity contribution is 0.101. The lowest BCUT2D eigenvalue weighted by Gasteiger charge is -1.97. The topological polar surface area (TPSA) is 47.3 Å². The standard InChI is InChI=1S/C8H6BrN3O/c1-5(13)7-8-11-4-6(9)12(8)3-2-10-7/h2-4H,1H3. The van der Waals surface area contributed by atoms with Crippen molar-refractivity contribution in [1.29, 1.82) is 0 Å². The van der Waals surface area contributed by atoms with Gasteiger partial charge in [-0.05, 0) is 15.9 Å². The first kappa shape index (κ1) is 8.37. The quantitative estimate of drug-likeness (QED) is 0.712. The zero-order valence-corrected chi connectivity index (χ0v) is 8.45. The van der Waals surface area contributed by atoms with E-state index in [1.807, 2.05) is 0 Å². The molecule has 0 saturated heterocycles. The van der Waals surface area contributed by atoms with Crippen molar-refractivity contribution < 1.29 is 4.79 Å². The number of fused-ring (bicyclic) bond motifs is 1. The highest BCUT2D eigenvalue weighted by atomic mass is 79.9. The highest BCUT2D eigenvalue weighted by Crippen LogP contribution is 2.14. The van der Waals surface area contributed by atoms with Crippen LogP contribution in [0.4, 0.5) is 0 Å². The summed E-state index contributed by atoms with van der Waals surface area (Å²) in [6.07, 6.45) is 4.97. The fraction of sp³-hybridized carbons (Fsp3) is 0.125. The van der Waals surface area contributed by atoms with Crippen LogP contribution in [0.1, 0.15) is 17.4 Å². The number of nitrogens with zero attached hydrogens (tertiary/aromatic N) is 3. The van der Waals surface area contributed by atoms with Crippen LogP contribution < -0.4 is 0 Å². The molecule has 2 aromatic rings. The number of hydrogen-bond donors (Lipinski definition) is 0. The number of halogens is 1. The summed E-state index contributed by atoms with van der Waals surface area (Å²) < 4.78 is 2.58. The molecule has 0 amide bonds. The molecule has 0 radical (unpaired) electrons. The maximum absolute atomic E-state index is 11.1. The summed E-state index contributed by atoms with van der Waals surface area (Å²) in [6, 6.07) is 0. The third-order valence-corrected chi connectivity index (χ3v) is 2.30. The molecule has 5 heteroatoms. The summed E-state index contributed by atoms with van der Waals surface area (Å²) in [5.74, 6) is -0.0799. The van der Waals surface area contributed by atoms with Gasteiger partial charge in [-0.1, -0.05) is 0 Å². The first-order valence-electron chi connectivity index (χ1n) is 3.68. The molecule has 0 saturated carbocycles. The molecule has 0 N–H and O–H groups in total. The van der Waals surface area contributed by atoms with Gasteiger partial charge < -0.3 is 0 Å². The molecule has 0 aliphatic rings. The number of Topliss-reactive ketones (excluding diaryl/α,β-unsaturated/α-hetero) is 1. The Kier molecular flexibility index (Phi) is 1.88. The molecule has 0 aliphatic carbocycles. The maximum atomic E-state index is 11.1. The van der Waals surface area contributed by atoms with Crippen LogP contribution in [-0.4, -0.2) is 20.2 Å². The van der Waals surface area contributed by atoms with E-state index in [-0.39, 0.29) is 5.78 Å². The Bertz CT molecular complexity index is 477. The highest BCUT2D eigenvalue weighted by molar-refractivity contribution is 9.10. The van der Waals surface area contributed by atoms with Gasteiger partial charge in [-0.15, -0.1) is 0 Å². The van der Waals surface area contributed by atoms with Gasteiger partial charge in [0.1, 0.15) is 10.3 Å². The van der Waals surface area contributed by atoms with Gasteiger partial charge in [0, 0.05) is 19.3 Å². The molecule has 13 heavy (non-hydrogen) atoms. The zero-order chi connectivity index (χ0) is 9.42. The molecule has 2 aromatic heterocycles. The maximum Gasteiger partial charge on any atom is 0.181 e. The predicted octanol–water partition coefficient (Wildman–Crippen LogP) is 1.69. The number of ketones is 1. The number of imidazole rings is 1. The van der Waals surface area contributed by atoms with Gasteiger partial charge in [0.25, 0.3) is 0 Å². The molecule has 0 fully saturated rings. The molecule has 0 bridgehead atoms. The summed E-state index contributed by atoms with van der Waals surface area (Å²) in [6.45, 7) is 1.48. The molecule has 2 rings (SSSR count). The van der Waals surface area contributed by atoms with Crippen LogP contribution in [0.25, 0.3) is 5.65 Å². The minimum Gasteiger partial charge on any atom is -0.293 e. The van der Waals surface area contributed by atoms with Crippen LogP contribution in [0.15, 0.2) is 23.2 Å². The first-order chi connectivity index (χ1) is 6.20. The number of carbonyl (C=O) groups excluding carboxylic acids is 1. The Morgan fingerprint density at radius 2 is 2.31 bits per heavy atom. The van der Waals surface area contributed by atoms with Crippen molar-refractivity contribution >= 4 is 27.4 Å². The molecule has 66 valence electrons. The summed E-state index contributed by atoms with van der Waals surface area (Å²) in [7, 11) is 0. The Morgan fingerprint density at radius 3 is 3.00 bits per heavy atom. The van der Waals surface area contributed by atoms with Crippen LogP contribution in [0.3, 0.4) is 0 Å². The van der Waals surface area contributed by atoms with E-state index in [0.717, 1.165) is 4.60 Å². The van der Waals surface area contributed by atoms with Crippen LogP contribution in [0.2, 0.25) is 0 Å². The van der Waals surface area contributed by atoms with E-state index < -0.39 is 0 Å². The molecule has 0 unspecified atom stereocenters. The summed E-state index contributed by atoms with van der Waals surface area (Å²) in [4.78, 5) is 19.2. The largest absolute Gasteiger partial charge is 0.293 e. The van der Waals surface area contributed by atoms with Crippen molar-refractivity contribution in [2.45, 2.75) is 6.92 Å². The minimum atomic E-state index is -0.0799. The molecule has 0 spiro atoms. The fourth-order valence-electron chi connectivity index (χ4n) is 1.14. The highest BCUT2D eigenvalue weighted by Gasteiger charge is 2.09. The van der Waals surface area contributed by atoms with Gasteiger partial charge in [0.15, 0.2) is 11.4 Å². The average molecular weight is 240 g/mol. The normalized spacial score (nSPS) is 10.6. The van der Waals surface area contributed by atoms with E-state index in [0.29, 0.717) is 11.3 Å². The second-order valence-electron chi connectivity index (χ2n) is 2.61. The summed E-state index contributed by atoms with van der Waals surface area (Å²) in [5, 5.41) is 0. The van der Waals surface area contributed by atoms with E-state index in [1.165, 1.54) is 6.92 Å². The molecular weight excluding hydrogens is 234 g/mol. The van der Waals surface area contributed by atoms with Crippen molar-refractivity contribution in [2.75, 3.05) is 0 Å². The van der Waals surface area contributed by atoms with E-state index in [9.17, 15) is 4.79 Å². The lowest BCUT2D eigenvalue weighted by Crippen LogP contribution is -2.00. The average Bonchev–Trinajstić information content (AvgIpc) is 2.48. The SMILES string of the molecule is CC(=O)c1nccn2c(Br)cnc12. The van der Waals surface area contributed by atoms with Crippen LogP contribution in [-0.2, 0) is 0 Å². The number of carbonyl (C=O) groups is 1. The number of rotatable bonds is 1. The second kappa shape index (κ2) is 2.92. The Morgan fingerprint density at radius 1 is 1.54 bits per heavy atom. The fourth-order valence-corrected chi connectivity index (χ4v) is 1.53. The van der Waals surface area contributed by atoms with Gasteiger partial charge in [0.2, 0.25) is 0 Å². The van der Waals surface area contributed by atoms with Gasteiger partial charge in [0.05, 0.1) is 6.20 Å². The van der Waals surface area contributed by atoms with Crippen molar-refractivity contribution in [2.24, 2.45) is 0 Å². The smallest absolute Gasteiger partial charge is 0.181 e. The van der Waals surface area contributed by atoms with Gasteiger partial charge in [-0.25, -0.2) is 9.97 Å². The number of aromatic nitrogens is 3. The zero-order valence-electron chi connectivity index (χ0n) is 6.86. The van der Waals surface area contributed by atoms with Gasteiger partial charge in [-0.3, -0.25) is 9.20 Å². The van der Waals surface area contributed by atoms with E-state index in [1.54, 1.807) is 23.0 Å². The molecule has 0 aliphatic heterocycles. The summed E-state index contributed by atoms with van der Waals surface area (Å²) in [5.41, 5.74) is 0.982. The van der Waals surface area contributed by atoms with Crippen LogP contribution >= 0.6 is 15.9 Å². The molecule has 0 aromatic carbocycles. The van der Waals surface area contributed by atoms with E-state index >= 15 is 0 Å². The van der Waals surface area contributed by atoms with Crippen molar-refractivity contribution in [3.05, 3.63) is 28.9 Å².